The zero-order valence-corrected chi connectivity index (χ0v) is 11.1. The van der Waals surface area contributed by atoms with E-state index in [-0.39, 0.29) is 17.7 Å². The zero-order chi connectivity index (χ0) is 13.8. The van der Waals surface area contributed by atoms with Crippen molar-refractivity contribution in [1.29, 1.82) is 0 Å². The van der Waals surface area contributed by atoms with Crippen molar-refractivity contribution >= 4 is 11.5 Å². The van der Waals surface area contributed by atoms with Crippen molar-refractivity contribution in [1.82, 2.24) is 9.88 Å². The second kappa shape index (κ2) is 5.83. The molecule has 1 saturated heterocycles. The van der Waals surface area contributed by atoms with Crippen LogP contribution in [-0.4, -0.2) is 48.1 Å². The molecule has 1 aromatic rings. The van der Waals surface area contributed by atoms with E-state index >= 15 is 0 Å². The van der Waals surface area contributed by atoms with E-state index in [4.69, 9.17) is 4.74 Å². The number of pyridine rings is 1. The maximum absolute atomic E-state index is 11.0. The van der Waals surface area contributed by atoms with Crippen molar-refractivity contribution < 1.29 is 9.66 Å². The molecule has 0 unspecified atom stereocenters. The van der Waals surface area contributed by atoms with Gasteiger partial charge in [0.2, 0.25) is 0 Å². The van der Waals surface area contributed by atoms with E-state index < -0.39 is 4.92 Å². The van der Waals surface area contributed by atoms with Crippen LogP contribution in [-0.2, 0) is 0 Å². The third-order valence-corrected chi connectivity index (χ3v) is 3.24. The zero-order valence-electron chi connectivity index (χ0n) is 11.1. The van der Waals surface area contributed by atoms with Gasteiger partial charge in [0, 0.05) is 26.2 Å². The number of aromatic nitrogens is 1. The topological polar surface area (TPSA) is 80.5 Å². The Morgan fingerprint density at radius 3 is 2.74 bits per heavy atom. The smallest absolute Gasteiger partial charge is 0.331 e. The fourth-order valence-electron chi connectivity index (χ4n) is 2.06. The Bertz CT molecular complexity index is 458. The van der Waals surface area contributed by atoms with Crippen LogP contribution in [0.1, 0.15) is 12.8 Å². The Hall–Kier alpha value is -1.89. The lowest BCUT2D eigenvalue weighted by molar-refractivity contribution is -0.386. The Kier molecular flexibility index (Phi) is 4.16. The standard InChI is InChI=1S/C12H18N4O3/c1-13-11-4-3-10(16(17)18)12(14-11)19-9-5-7-15(2)8-6-9/h3-4,9H,5-8H2,1-2H3,(H,13,14). The largest absolute Gasteiger partial charge is 0.469 e. The van der Waals surface area contributed by atoms with Gasteiger partial charge >= 0.3 is 5.69 Å². The van der Waals surface area contributed by atoms with Gasteiger partial charge in [-0.3, -0.25) is 10.1 Å². The van der Waals surface area contributed by atoms with Crippen LogP contribution in [0.3, 0.4) is 0 Å². The SMILES string of the molecule is CNc1ccc([N+](=O)[O-])c(OC2CCN(C)CC2)n1. The van der Waals surface area contributed by atoms with Gasteiger partial charge in [-0.15, -0.1) is 0 Å². The van der Waals surface area contributed by atoms with Gasteiger partial charge in [0.15, 0.2) is 0 Å². The summed E-state index contributed by atoms with van der Waals surface area (Å²) in [5, 5.41) is 13.8. The highest BCUT2D eigenvalue weighted by Gasteiger charge is 2.24. The number of nitro groups is 1. The fraction of sp³-hybridized carbons (Fsp3) is 0.583. The maximum atomic E-state index is 11.0. The average Bonchev–Trinajstić information content (AvgIpc) is 2.41. The molecule has 1 fully saturated rings. The second-order valence-corrected chi connectivity index (χ2v) is 4.65. The van der Waals surface area contributed by atoms with Crippen LogP contribution in [0.4, 0.5) is 11.5 Å². The van der Waals surface area contributed by atoms with Crippen LogP contribution in [0.5, 0.6) is 5.88 Å². The first-order valence-electron chi connectivity index (χ1n) is 6.28. The van der Waals surface area contributed by atoms with E-state index in [2.05, 4.69) is 22.2 Å². The van der Waals surface area contributed by atoms with E-state index in [9.17, 15) is 10.1 Å². The quantitative estimate of drug-likeness (QED) is 0.657. The molecule has 0 aliphatic carbocycles. The number of anilines is 1. The molecule has 2 rings (SSSR count). The van der Waals surface area contributed by atoms with Gasteiger partial charge in [-0.2, -0.15) is 4.98 Å². The van der Waals surface area contributed by atoms with Crippen LogP contribution in [0.15, 0.2) is 12.1 Å². The highest BCUT2D eigenvalue weighted by molar-refractivity contribution is 5.48. The van der Waals surface area contributed by atoms with Crippen LogP contribution >= 0.6 is 0 Å². The lowest BCUT2D eigenvalue weighted by atomic mass is 10.1. The van der Waals surface area contributed by atoms with Crippen molar-refractivity contribution in [3.63, 3.8) is 0 Å². The summed E-state index contributed by atoms with van der Waals surface area (Å²) >= 11 is 0. The molecule has 7 nitrogen and oxygen atoms in total. The molecule has 0 atom stereocenters. The van der Waals surface area contributed by atoms with E-state index in [0.29, 0.717) is 5.82 Å². The monoisotopic (exact) mass is 266 g/mol. The minimum absolute atomic E-state index is 0.00509. The average molecular weight is 266 g/mol. The summed E-state index contributed by atoms with van der Waals surface area (Å²) in [5.74, 6) is 0.667. The van der Waals surface area contributed by atoms with Crippen molar-refractivity contribution in [2.45, 2.75) is 18.9 Å². The van der Waals surface area contributed by atoms with Crippen LogP contribution in [0, 0.1) is 10.1 Å². The summed E-state index contributed by atoms with van der Waals surface area (Å²) in [6.45, 7) is 1.87. The number of hydrogen-bond donors (Lipinski definition) is 1. The normalized spacial score (nSPS) is 17.2. The number of likely N-dealkylation sites (tertiary alicyclic amines) is 1. The second-order valence-electron chi connectivity index (χ2n) is 4.65. The molecule has 0 bridgehead atoms. The lowest BCUT2D eigenvalue weighted by Crippen LogP contribution is -2.35. The van der Waals surface area contributed by atoms with E-state index in [1.54, 1.807) is 13.1 Å². The summed E-state index contributed by atoms with van der Waals surface area (Å²) < 4.78 is 5.72. The molecule has 2 heterocycles. The Balaban J connectivity index is 2.15. The number of hydrogen-bond acceptors (Lipinski definition) is 6. The minimum atomic E-state index is -0.462. The first-order chi connectivity index (χ1) is 9.10. The molecule has 7 heteroatoms. The summed E-state index contributed by atoms with van der Waals surface area (Å²) in [4.78, 5) is 16.9. The summed E-state index contributed by atoms with van der Waals surface area (Å²) in [5.41, 5.74) is -0.0853. The van der Waals surface area contributed by atoms with Gasteiger partial charge in [-0.05, 0) is 26.0 Å². The van der Waals surface area contributed by atoms with Crippen molar-refractivity contribution in [3.8, 4) is 5.88 Å². The first kappa shape index (κ1) is 13.5. The number of ether oxygens (including phenoxy) is 1. The van der Waals surface area contributed by atoms with Gasteiger partial charge in [-0.25, -0.2) is 0 Å². The molecule has 1 aliphatic rings. The lowest BCUT2D eigenvalue weighted by Gasteiger charge is -2.28. The molecule has 104 valence electrons. The molecule has 0 aromatic carbocycles. The first-order valence-corrected chi connectivity index (χ1v) is 6.28. The maximum Gasteiger partial charge on any atom is 0.331 e. The number of nitrogens with one attached hydrogen (secondary N) is 1. The third-order valence-electron chi connectivity index (χ3n) is 3.24. The van der Waals surface area contributed by atoms with Gasteiger partial charge in [0.05, 0.1) is 4.92 Å². The van der Waals surface area contributed by atoms with E-state index in [1.165, 1.54) is 6.07 Å². The Labute approximate surface area is 111 Å². The Morgan fingerprint density at radius 2 is 2.16 bits per heavy atom. The summed E-state index contributed by atoms with van der Waals surface area (Å²) in [6, 6.07) is 2.99. The van der Waals surface area contributed by atoms with Gasteiger partial charge in [0.25, 0.3) is 5.88 Å². The molecule has 19 heavy (non-hydrogen) atoms. The fourth-order valence-corrected chi connectivity index (χ4v) is 2.06. The Morgan fingerprint density at radius 1 is 1.47 bits per heavy atom. The van der Waals surface area contributed by atoms with Crippen molar-refractivity contribution in [3.05, 3.63) is 22.2 Å². The van der Waals surface area contributed by atoms with Crippen LogP contribution in [0.25, 0.3) is 0 Å². The molecule has 1 aliphatic heterocycles. The molecular formula is C12H18N4O3. The molecule has 0 amide bonds. The predicted octanol–water partition coefficient (Wildman–Crippen LogP) is 1.50. The summed E-state index contributed by atoms with van der Waals surface area (Å²) in [7, 11) is 3.77. The van der Waals surface area contributed by atoms with Crippen molar-refractivity contribution in [2.24, 2.45) is 0 Å². The molecular weight excluding hydrogens is 248 g/mol. The highest BCUT2D eigenvalue weighted by Crippen LogP contribution is 2.28. The van der Waals surface area contributed by atoms with E-state index in [0.717, 1.165) is 25.9 Å². The predicted molar refractivity (Wildman–Crippen MR) is 71.6 cm³/mol. The van der Waals surface area contributed by atoms with Crippen LogP contribution < -0.4 is 10.1 Å². The summed E-state index contributed by atoms with van der Waals surface area (Å²) in [6.07, 6.45) is 1.72. The molecule has 0 saturated carbocycles. The molecule has 0 radical (unpaired) electrons. The van der Waals surface area contributed by atoms with Gasteiger partial charge in [-0.1, -0.05) is 0 Å². The molecule has 0 spiro atoms. The van der Waals surface area contributed by atoms with Crippen molar-refractivity contribution in [2.75, 3.05) is 32.5 Å². The number of nitrogens with zero attached hydrogens (tertiary/aromatic N) is 3. The molecule has 1 aromatic heterocycles. The van der Waals surface area contributed by atoms with E-state index in [1.807, 2.05) is 0 Å². The number of rotatable bonds is 4. The highest BCUT2D eigenvalue weighted by atomic mass is 16.6. The number of piperidine rings is 1. The van der Waals surface area contributed by atoms with Gasteiger partial charge in [0.1, 0.15) is 11.9 Å². The third kappa shape index (κ3) is 3.31. The van der Waals surface area contributed by atoms with Crippen LogP contribution in [0.2, 0.25) is 0 Å². The minimum Gasteiger partial charge on any atom is -0.469 e. The molecule has 1 N–H and O–H groups in total. The van der Waals surface area contributed by atoms with Gasteiger partial charge < -0.3 is 15.0 Å².